The molecule has 0 spiro atoms. The predicted octanol–water partition coefficient (Wildman–Crippen LogP) is 2.09. The number of ether oxygens (including phenoxy) is 1. The number of aromatic amines is 1. The molecule has 0 unspecified atom stereocenters. The van der Waals surface area contributed by atoms with Crippen molar-refractivity contribution in [2.24, 2.45) is 0 Å². The number of hydrogen-bond acceptors (Lipinski definition) is 3. The lowest BCUT2D eigenvalue weighted by atomic mass is 10.3. The van der Waals surface area contributed by atoms with Gasteiger partial charge in [-0.2, -0.15) is 0 Å². The Morgan fingerprint density at radius 1 is 1.56 bits per heavy atom. The molecule has 5 nitrogen and oxygen atoms in total. The van der Waals surface area contributed by atoms with E-state index >= 15 is 0 Å². The zero-order valence-electron chi connectivity index (χ0n) is 9.54. The van der Waals surface area contributed by atoms with Gasteiger partial charge in [-0.3, -0.25) is 4.79 Å². The number of hydrogen-bond donors (Lipinski definition) is 2. The molecule has 1 aromatic heterocycles. The van der Waals surface area contributed by atoms with Crippen LogP contribution in [0.5, 0.6) is 0 Å². The Morgan fingerprint density at radius 2 is 2.33 bits per heavy atom. The molecule has 0 atom stereocenters. The molecule has 96 valence electrons. The van der Waals surface area contributed by atoms with Crippen LogP contribution in [0.1, 0.15) is 12.2 Å². The van der Waals surface area contributed by atoms with E-state index in [1.165, 1.54) is 7.11 Å². The molecule has 0 aliphatic rings. The maximum Gasteiger partial charge on any atom is 0.295 e. The lowest BCUT2D eigenvalue weighted by molar-refractivity contribution is -0.119. The first-order valence-electron chi connectivity index (χ1n) is 5.16. The minimum absolute atomic E-state index is 0.0662. The van der Waals surface area contributed by atoms with Crippen LogP contribution in [0.15, 0.2) is 18.2 Å². The SMILES string of the molecule is COCC(=O)Nc1ccc2nc(C(F)F)[nH]c2c1. The van der Waals surface area contributed by atoms with Crippen LogP contribution in [0.4, 0.5) is 14.5 Å². The number of amides is 1. The van der Waals surface area contributed by atoms with E-state index in [1.54, 1.807) is 18.2 Å². The second-order valence-electron chi connectivity index (χ2n) is 3.64. The Morgan fingerprint density at radius 3 is 3.00 bits per heavy atom. The quantitative estimate of drug-likeness (QED) is 0.879. The summed E-state index contributed by atoms with van der Waals surface area (Å²) >= 11 is 0. The topological polar surface area (TPSA) is 67.0 Å². The number of carbonyl (C=O) groups excluding carboxylic acids is 1. The molecule has 2 aromatic rings. The van der Waals surface area contributed by atoms with Crippen molar-refractivity contribution in [2.45, 2.75) is 6.43 Å². The van der Waals surface area contributed by atoms with E-state index in [-0.39, 0.29) is 18.3 Å². The zero-order chi connectivity index (χ0) is 13.1. The number of carbonyl (C=O) groups is 1. The number of rotatable bonds is 4. The van der Waals surface area contributed by atoms with Gasteiger partial charge in [0, 0.05) is 12.8 Å². The average molecular weight is 255 g/mol. The van der Waals surface area contributed by atoms with Gasteiger partial charge in [0.1, 0.15) is 6.61 Å². The number of nitrogens with zero attached hydrogens (tertiary/aromatic N) is 1. The molecule has 7 heteroatoms. The van der Waals surface area contributed by atoms with Crippen molar-refractivity contribution in [3.8, 4) is 0 Å². The van der Waals surface area contributed by atoms with Crippen molar-refractivity contribution in [1.82, 2.24) is 9.97 Å². The van der Waals surface area contributed by atoms with Crippen molar-refractivity contribution in [3.05, 3.63) is 24.0 Å². The van der Waals surface area contributed by atoms with Gasteiger partial charge in [-0.1, -0.05) is 0 Å². The molecule has 0 fully saturated rings. The first kappa shape index (κ1) is 12.4. The second kappa shape index (κ2) is 5.09. The molecule has 2 rings (SSSR count). The Labute approximate surface area is 101 Å². The van der Waals surface area contributed by atoms with Gasteiger partial charge in [0.05, 0.1) is 11.0 Å². The molecule has 1 aromatic carbocycles. The number of anilines is 1. The number of fused-ring (bicyclic) bond motifs is 1. The molecule has 1 amide bonds. The summed E-state index contributed by atoms with van der Waals surface area (Å²) in [5, 5.41) is 2.57. The highest BCUT2D eigenvalue weighted by molar-refractivity contribution is 5.93. The fourth-order valence-corrected chi connectivity index (χ4v) is 1.54. The summed E-state index contributed by atoms with van der Waals surface area (Å²) < 4.78 is 29.5. The van der Waals surface area contributed by atoms with Crippen molar-refractivity contribution in [2.75, 3.05) is 19.0 Å². The number of benzene rings is 1. The highest BCUT2D eigenvalue weighted by Gasteiger charge is 2.12. The molecule has 0 bridgehead atoms. The van der Waals surface area contributed by atoms with E-state index in [4.69, 9.17) is 0 Å². The van der Waals surface area contributed by atoms with Gasteiger partial charge in [0.2, 0.25) is 5.91 Å². The van der Waals surface area contributed by atoms with Crippen molar-refractivity contribution in [3.63, 3.8) is 0 Å². The molecule has 0 aliphatic heterocycles. The third-order valence-electron chi connectivity index (χ3n) is 2.27. The van der Waals surface area contributed by atoms with E-state index in [0.717, 1.165) is 0 Å². The van der Waals surface area contributed by atoms with E-state index in [2.05, 4.69) is 20.0 Å². The number of imidazole rings is 1. The Kier molecular flexibility index (Phi) is 3.52. The maximum absolute atomic E-state index is 12.4. The fraction of sp³-hybridized carbons (Fsp3) is 0.273. The largest absolute Gasteiger partial charge is 0.375 e. The van der Waals surface area contributed by atoms with Gasteiger partial charge in [-0.25, -0.2) is 13.8 Å². The third-order valence-corrected chi connectivity index (χ3v) is 2.27. The summed E-state index contributed by atoms with van der Waals surface area (Å²) in [6, 6.07) is 4.69. The summed E-state index contributed by atoms with van der Waals surface area (Å²) in [5.74, 6) is -0.698. The molecule has 18 heavy (non-hydrogen) atoms. The second-order valence-corrected chi connectivity index (χ2v) is 3.64. The normalized spacial score (nSPS) is 11.1. The predicted molar refractivity (Wildman–Crippen MR) is 61.6 cm³/mol. The van der Waals surface area contributed by atoms with Crippen LogP contribution in [0.25, 0.3) is 11.0 Å². The van der Waals surface area contributed by atoms with Crippen molar-refractivity contribution >= 4 is 22.6 Å². The minimum Gasteiger partial charge on any atom is -0.375 e. The van der Waals surface area contributed by atoms with Gasteiger partial charge in [0.15, 0.2) is 5.82 Å². The molecular weight excluding hydrogens is 244 g/mol. The molecular formula is C11H11F2N3O2. The summed E-state index contributed by atoms with van der Waals surface area (Å²) in [5.41, 5.74) is 1.37. The Bertz CT molecular complexity index is 568. The standard InChI is InChI=1S/C11H11F2N3O2/c1-18-5-9(17)14-6-2-3-7-8(4-6)16-11(15-7)10(12)13/h2-4,10H,5H2,1H3,(H,14,17)(H,15,16). The summed E-state index contributed by atoms with van der Waals surface area (Å²) in [6.07, 6.45) is -2.65. The number of nitrogens with one attached hydrogen (secondary N) is 2. The van der Waals surface area contributed by atoms with Crippen molar-refractivity contribution < 1.29 is 18.3 Å². The number of H-pyrrole nitrogens is 1. The lowest BCUT2D eigenvalue weighted by Crippen LogP contribution is -2.16. The van der Waals surface area contributed by atoms with Crippen LogP contribution >= 0.6 is 0 Å². The highest BCUT2D eigenvalue weighted by Crippen LogP contribution is 2.22. The number of alkyl halides is 2. The van der Waals surface area contributed by atoms with Crippen LogP contribution in [0.3, 0.4) is 0 Å². The van der Waals surface area contributed by atoms with Gasteiger partial charge in [-0.05, 0) is 18.2 Å². The van der Waals surface area contributed by atoms with Crippen LogP contribution in [0, 0.1) is 0 Å². The minimum atomic E-state index is -2.65. The molecule has 2 N–H and O–H groups in total. The maximum atomic E-state index is 12.4. The van der Waals surface area contributed by atoms with Crippen LogP contribution in [-0.2, 0) is 9.53 Å². The number of methoxy groups -OCH3 is 1. The first-order chi connectivity index (χ1) is 8.60. The molecule has 0 aliphatic carbocycles. The molecule has 0 saturated carbocycles. The summed E-state index contributed by atoms with van der Waals surface area (Å²) in [6.45, 7) is -0.0662. The van der Waals surface area contributed by atoms with E-state index in [1.807, 2.05) is 0 Å². The van der Waals surface area contributed by atoms with E-state index < -0.39 is 6.43 Å². The van der Waals surface area contributed by atoms with Gasteiger partial charge in [0.25, 0.3) is 6.43 Å². The smallest absolute Gasteiger partial charge is 0.295 e. The Balaban J connectivity index is 2.24. The van der Waals surface area contributed by atoms with Gasteiger partial charge in [-0.15, -0.1) is 0 Å². The van der Waals surface area contributed by atoms with Gasteiger partial charge < -0.3 is 15.0 Å². The lowest BCUT2D eigenvalue weighted by Gasteiger charge is -2.03. The van der Waals surface area contributed by atoms with Crippen LogP contribution in [0.2, 0.25) is 0 Å². The molecule has 0 radical (unpaired) electrons. The first-order valence-corrected chi connectivity index (χ1v) is 5.16. The van der Waals surface area contributed by atoms with Crippen LogP contribution < -0.4 is 5.32 Å². The Hall–Kier alpha value is -2.02. The number of aromatic nitrogens is 2. The average Bonchev–Trinajstić information content (AvgIpc) is 2.72. The number of halogens is 2. The highest BCUT2D eigenvalue weighted by atomic mass is 19.3. The van der Waals surface area contributed by atoms with E-state index in [9.17, 15) is 13.6 Å². The monoisotopic (exact) mass is 255 g/mol. The zero-order valence-corrected chi connectivity index (χ0v) is 9.54. The summed E-state index contributed by atoms with van der Waals surface area (Å²) in [7, 11) is 1.41. The van der Waals surface area contributed by atoms with Crippen LogP contribution in [-0.4, -0.2) is 29.6 Å². The van der Waals surface area contributed by atoms with Crippen molar-refractivity contribution in [1.29, 1.82) is 0 Å². The van der Waals surface area contributed by atoms with E-state index in [0.29, 0.717) is 16.7 Å². The van der Waals surface area contributed by atoms with Gasteiger partial charge >= 0.3 is 0 Å². The molecule has 1 heterocycles. The summed E-state index contributed by atoms with van der Waals surface area (Å²) in [4.78, 5) is 17.5. The fourth-order valence-electron chi connectivity index (χ4n) is 1.54. The molecule has 0 saturated heterocycles. The third kappa shape index (κ3) is 2.62.